The molecule has 2 aliphatic heterocycles. The molecule has 1 atom stereocenters. The first-order chi connectivity index (χ1) is 13.2. The summed E-state index contributed by atoms with van der Waals surface area (Å²) in [6.07, 6.45) is 3.91. The summed E-state index contributed by atoms with van der Waals surface area (Å²) in [6, 6.07) is 10.4. The number of rotatable bonds is 7. The maximum Gasteiger partial charge on any atom is 0.158 e. The number of nitrogens with one attached hydrogen (secondary N) is 2. The molecule has 2 bridgehead atoms. The first-order valence-corrected chi connectivity index (χ1v) is 9.52. The minimum atomic E-state index is 0.362. The molecule has 2 aliphatic rings. The molecule has 2 aromatic heterocycles. The highest BCUT2D eigenvalue weighted by Crippen LogP contribution is 2.41. The number of nitrogens with zero attached hydrogens (tertiary/aromatic N) is 4. The van der Waals surface area contributed by atoms with Crippen LogP contribution < -0.4 is 20.4 Å². The zero-order chi connectivity index (χ0) is 18.8. The molecule has 0 aromatic carbocycles. The topological polar surface area (TPSA) is 56.3 Å². The summed E-state index contributed by atoms with van der Waals surface area (Å²) in [6.45, 7) is 13.5. The Morgan fingerprint density at radius 1 is 1.26 bits per heavy atom. The van der Waals surface area contributed by atoms with E-state index in [1.165, 1.54) is 0 Å². The van der Waals surface area contributed by atoms with Gasteiger partial charge in [-0.15, -0.1) is 0 Å². The maximum atomic E-state index is 4.95. The van der Waals surface area contributed by atoms with Gasteiger partial charge in [0.2, 0.25) is 0 Å². The van der Waals surface area contributed by atoms with Crippen molar-refractivity contribution in [3.63, 3.8) is 0 Å². The Labute approximate surface area is 160 Å². The highest BCUT2D eigenvalue weighted by Gasteiger charge is 2.38. The smallest absolute Gasteiger partial charge is 0.158 e. The zero-order valence-electron chi connectivity index (χ0n) is 15.8. The van der Waals surface area contributed by atoms with Crippen LogP contribution in [0, 0.1) is 0 Å². The molecule has 4 heterocycles. The van der Waals surface area contributed by atoms with Crippen LogP contribution in [0.5, 0.6) is 0 Å². The third kappa shape index (κ3) is 3.35. The monoisotopic (exact) mass is 362 g/mol. The van der Waals surface area contributed by atoms with Crippen LogP contribution in [0.25, 0.3) is 5.70 Å². The van der Waals surface area contributed by atoms with Gasteiger partial charge in [0.25, 0.3) is 0 Å². The van der Waals surface area contributed by atoms with E-state index in [1.807, 2.05) is 18.2 Å². The van der Waals surface area contributed by atoms with E-state index in [2.05, 4.69) is 57.6 Å². The fraction of sp³-hybridized carbons (Fsp3) is 0.333. The molecule has 27 heavy (non-hydrogen) atoms. The van der Waals surface area contributed by atoms with Crippen LogP contribution in [0.4, 0.5) is 17.3 Å². The van der Waals surface area contributed by atoms with Crippen molar-refractivity contribution < 1.29 is 0 Å². The first kappa shape index (κ1) is 17.4. The molecule has 6 heteroatoms. The molecular formula is C21H26N6. The lowest BCUT2D eigenvalue weighted by Crippen LogP contribution is -2.43. The van der Waals surface area contributed by atoms with Gasteiger partial charge in [-0.3, -0.25) is 0 Å². The van der Waals surface area contributed by atoms with Crippen LogP contribution in [-0.4, -0.2) is 35.6 Å². The van der Waals surface area contributed by atoms with E-state index in [0.29, 0.717) is 6.04 Å². The minimum Gasteiger partial charge on any atom is -0.384 e. The van der Waals surface area contributed by atoms with Crippen molar-refractivity contribution in [3.8, 4) is 0 Å². The predicted octanol–water partition coefficient (Wildman–Crippen LogP) is 3.43. The van der Waals surface area contributed by atoms with Crippen LogP contribution in [0.3, 0.4) is 0 Å². The lowest BCUT2D eigenvalue weighted by molar-refractivity contribution is 0.675. The molecule has 0 saturated carbocycles. The molecule has 0 unspecified atom stereocenters. The summed E-state index contributed by atoms with van der Waals surface area (Å²) in [5.41, 5.74) is 2.89. The average molecular weight is 362 g/mol. The van der Waals surface area contributed by atoms with E-state index in [4.69, 9.17) is 4.98 Å². The molecule has 0 radical (unpaired) electrons. The van der Waals surface area contributed by atoms with Gasteiger partial charge in [0.05, 0.1) is 23.1 Å². The third-order valence-electron chi connectivity index (χ3n) is 5.08. The number of anilines is 3. The summed E-state index contributed by atoms with van der Waals surface area (Å²) in [7, 11) is 0. The molecule has 0 amide bonds. The zero-order valence-corrected chi connectivity index (χ0v) is 15.8. The molecule has 0 spiro atoms. The Bertz CT molecular complexity index is 847. The summed E-state index contributed by atoms with van der Waals surface area (Å²) >= 11 is 0. The van der Waals surface area contributed by atoms with Gasteiger partial charge in [-0.1, -0.05) is 26.1 Å². The number of aromatic nitrogens is 2. The third-order valence-corrected chi connectivity index (χ3v) is 5.08. The van der Waals surface area contributed by atoms with Crippen molar-refractivity contribution in [3.05, 3.63) is 61.2 Å². The van der Waals surface area contributed by atoms with Gasteiger partial charge in [0.1, 0.15) is 11.6 Å². The number of pyridine rings is 2. The summed E-state index contributed by atoms with van der Waals surface area (Å²) in [4.78, 5) is 13.9. The van der Waals surface area contributed by atoms with Crippen molar-refractivity contribution in [1.29, 1.82) is 0 Å². The fourth-order valence-electron chi connectivity index (χ4n) is 3.74. The number of hydrogen-bond acceptors (Lipinski definition) is 6. The summed E-state index contributed by atoms with van der Waals surface area (Å²) in [5, 5.41) is 6.68. The van der Waals surface area contributed by atoms with E-state index in [-0.39, 0.29) is 0 Å². The van der Waals surface area contributed by atoms with Gasteiger partial charge >= 0.3 is 0 Å². The Morgan fingerprint density at radius 2 is 2.15 bits per heavy atom. The van der Waals surface area contributed by atoms with Crippen LogP contribution in [0.2, 0.25) is 0 Å². The highest BCUT2D eigenvalue weighted by atomic mass is 15.4. The van der Waals surface area contributed by atoms with E-state index in [1.54, 1.807) is 6.20 Å². The average Bonchev–Trinajstić information content (AvgIpc) is 3.11. The van der Waals surface area contributed by atoms with Gasteiger partial charge in [0, 0.05) is 25.8 Å². The van der Waals surface area contributed by atoms with Crippen molar-refractivity contribution >= 4 is 23.0 Å². The van der Waals surface area contributed by atoms with Crippen LogP contribution in [0.1, 0.15) is 25.5 Å². The van der Waals surface area contributed by atoms with Crippen molar-refractivity contribution in [2.45, 2.75) is 25.8 Å². The number of hydrogen-bond donors (Lipinski definition) is 2. The van der Waals surface area contributed by atoms with Crippen LogP contribution >= 0.6 is 0 Å². The minimum absolute atomic E-state index is 0.362. The van der Waals surface area contributed by atoms with E-state index in [9.17, 15) is 0 Å². The van der Waals surface area contributed by atoms with E-state index in [0.717, 1.165) is 67.0 Å². The van der Waals surface area contributed by atoms with Crippen molar-refractivity contribution in [1.82, 2.24) is 15.3 Å². The standard InChI is InChI=1S/C21H26N6/c1-4-11-22-15(2)18-8-9-19-21(25-18)27(17-10-13-26(19)14-17)16(3)24-20-7-5-6-12-23-20/h5-9,12,17,22H,2-4,10-11,13-14H2,1H3,(H,23,24)/t17-/m0/s1. The summed E-state index contributed by atoms with van der Waals surface area (Å²) in [5.74, 6) is 2.53. The van der Waals surface area contributed by atoms with E-state index < -0.39 is 0 Å². The van der Waals surface area contributed by atoms with Gasteiger partial charge in [0.15, 0.2) is 5.82 Å². The predicted molar refractivity (Wildman–Crippen MR) is 112 cm³/mol. The van der Waals surface area contributed by atoms with Gasteiger partial charge < -0.3 is 20.4 Å². The Hall–Kier alpha value is -3.02. The maximum absolute atomic E-state index is 4.95. The molecule has 2 aromatic rings. The largest absolute Gasteiger partial charge is 0.384 e. The second-order valence-electron chi connectivity index (χ2n) is 6.99. The molecule has 4 rings (SSSR count). The lowest BCUT2D eigenvalue weighted by Gasteiger charge is -2.38. The molecule has 6 nitrogen and oxygen atoms in total. The molecule has 1 fully saturated rings. The van der Waals surface area contributed by atoms with Gasteiger partial charge in [-0.25, -0.2) is 9.97 Å². The Morgan fingerprint density at radius 3 is 2.93 bits per heavy atom. The SMILES string of the molecule is C=C(NCCC)c1ccc2c(n1)N(C(=C)Nc1ccccn1)[C@H]1CCN2C1. The van der Waals surface area contributed by atoms with Crippen molar-refractivity contribution in [2.24, 2.45) is 0 Å². The fourth-order valence-corrected chi connectivity index (χ4v) is 3.74. The van der Waals surface area contributed by atoms with Crippen LogP contribution in [-0.2, 0) is 0 Å². The second kappa shape index (κ2) is 7.31. The molecule has 0 aliphatic carbocycles. The molecular weight excluding hydrogens is 336 g/mol. The van der Waals surface area contributed by atoms with Crippen LogP contribution in [0.15, 0.2) is 55.5 Å². The van der Waals surface area contributed by atoms with Gasteiger partial charge in [-0.2, -0.15) is 0 Å². The molecule has 2 N–H and O–H groups in total. The summed E-state index contributed by atoms with van der Waals surface area (Å²) < 4.78 is 0. The lowest BCUT2D eigenvalue weighted by atomic mass is 10.1. The Kier molecular flexibility index (Phi) is 4.71. The van der Waals surface area contributed by atoms with E-state index >= 15 is 0 Å². The Balaban J connectivity index is 1.65. The quantitative estimate of drug-likeness (QED) is 0.787. The highest BCUT2D eigenvalue weighted by molar-refractivity contribution is 5.77. The number of fused-ring (bicyclic) bond motifs is 4. The van der Waals surface area contributed by atoms with Crippen molar-refractivity contribution in [2.75, 3.05) is 34.8 Å². The second-order valence-corrected chi connectivity index (χ2v) is 6.99. The molecule has 1 saturated heterocycles. The molecule has 140 valence electrons. The van der Waals surface area contributed by atoms with Gasteiger partial charge in [-0.05, 0) is 37.1 Å². The normalized spacial score (nSPS) is 17.4. The first-order valence-electron chi connectivity index (χ1n) is 9.52.